The van der Waals surface area contributed by atoms with Crippen molar-refractivity contribution in [1.82, 2.24) is 5.32 Å². The van der Waals surface area contributed by atoms with Crippen molar-refractivity contribution in [2.75, 3.05) is 13.2 Å². The molecular formula is C62H121NO5. The van der Waals surface area contributed by atoms with E-state index in [1.165, 1.54) is 263 Å². The standard InChI is InChI=1S/C62H121NO5/c1-3-5-7-9-11-13-15-16-17-18-19-20-21-22-23-25-28-31-35-38-42-46-50-54-60(65)59(58-64)63-61(66)55-51-47-43-39-36-32-29-26-24-27-30-33-37-41-45-49-53-57-68-62(67)56-52-48-44-40-34-14-12-10-8-6-4-2/h24,27,59-60,64-65H,3-23,25-26,28-58H2,1-2H3,(H,63,66)/b27-24-. The zero-order valence-electron chi connectivity index (χ0n) is 46.1. The molecule has 0 saturated carbocycles. The zero-order chi connectivity index (χ0) is 49.3. The van der Waals surface area contributed by atoms with Crippen molar-refractivity contribution in [2.24, 2.45) is 0 Å². The minimum Gasteiger partial charge on any atom is -0.466 e. The first-order valence-electron chi connectivity index (χ1n) is 30.9. The fraction of sp³-hybridized carbons (Fsp3) is 0.935. The average molecular weight is 961 g/mol. The van der Waals surface area contributed by atoms with Gasteiger partial charge >= 0.3 is 5.97 Å². The van der Waals surface area contributed by atoms with Crippen LogP contribution in [0.1, 0.15) is 348 Å². The number of carbonyl (C=O) groups excluding carboxylic acids is 2. The van der Waals surface area contributed by atoms with Crippen LogP contribution >= 0.6 is 0 Å². The number of amides is 1. The summed E-state index contributed by atoms with van der Waals surface area (Å²) in [6, 6.07) is -0.551. The molecule has 2 atom stereocenters. The minimum atomic E-state index is -0.672. The van der Waals surface area contributed by atoms with Crippen LogP contribution in [0, 0.1) is 0 Å². The maximum Gasteiger partial charge on any atom is 0.305 e. The Bertz CT molecular complexity index is 1020. The van der Waals surface area contributed by atoms with Gasteiger partial charge in [-0.3, -0.25) is 9.59 Å². The summed E-state index contributed by atoms with van der Waals surface area (Å²) in [5.41, 5.74) is 0. The molecule has 68 heavy (non-hydrogen) atoms. The number of esters is 1. The molecule has 0 rings (SSSR count). The summed E-state index contributed by atoms with van der Waals surface area (Å²) in [7, 11) is 0. The van der Waals surface area contributed by atoms with Crippen LogP contribution in [0.4, 0.5) is 0 Å². The molecule has 0 bridgehead atoms. The number of rotatable bonds is 58. The molecule has 2 unspecified atom stereocenters. The van der Waals surface area contributed by atoms with E-state index in [4.69, 9.17) is 4.74 Å². The quantitative estimate of drug-likeness (QED) is 0.0321. The Balaban J connectivity index is 3.45. The molecule has 0 radical (unpaired) electrons. The van der Waals surface area contributed by atoms with E-state index in [0.29, 0.717) is 25.9 Å². The highest BCUT2D eigenvalue weighted by molar-refractivity contribution is 5.76. The van der Waals surface area contributed by atoms with Gasteiger partial charge in [-0.05, 0) is 51.4 Å². The van der Waals surface area contributed by atoms with Crippen molar-refractivity contribution < 1.29 is 24.5 Å². The lowest BCUT2D eigenvalue weighted by molar-refractivity contribution is -0.143. The fourth-order valence-electron chi connectivity index (χ4n) is 9.81. The molecule has 0 aromatic carbocycles. The van der Waals surface area contributed by atoms with Crippen molar-refractivity contribution in [3.8, 4) is 0 Å². The Morgan fingerprint density at radius 2 is 0.691 bits per heavy atom. The highest BCUT2D eigenvalue weighted by Gasteiger charge is 2.20. The van der Waals surface area contributed by atoms with E-state index < -0.39 is 12.1 Å². The number of hydrogen-bond donors (Lipinski definition) is 3. The zero-order valence-corrected chi connectivity index (χ0v) is 46.1. The van der Waals surface area contributed by atoms with Crippen LogP contribution in [0.15, 0.2) is 12.2 Å². The smallest absolute Gasteiger partial charge is 0.305 e. The van der Waals surface area contributed by atoms with Gasteiger partial charge in [-0.25, -0.2) is 0 Å². The van der Waals surface area contributed by atoms with E-state index in [1.54, 1.807) is 0 Å². The van der Waals surface area contributed by atoms with Crippen molar-refractivity contribution in [3.05, 3.63) is 12.2 Å². The fourth-order valence-corrected chi connectivity index (χ4v) is 9.81. The summed E-state index contributed by atoms with van der Waals surface area (Å²) in [4.78, 5) is 24.5. The summed E-state index contributed by atoms with van der Waals surface area (Å²) in [5.74, 6) is -0.0441. The van der Waals surface area contributed by atoms with Gasteiger partial charge in [0.2, 0.25) is 5.91 Å². The minimum absolute atomic E-state index is 0.00115. The van der Waals surface area contributed by atoms with Crippen LogP contribution in [-0.2, 0) is 14.3 Å². The predicted octanol–water partition coefficient (Wildman–Crippen LogP) is 19.2. The van der Waals surface area contributed by atoms with E-state index in [1.807, 2.05) is 0 Å². The number of aliphatic hydroxyl groups excluding tert-OH is 2. The Kier molecular flexibility index (Phi) is 57.0. The second kappa shape index (κ2) is 58.2. The number of ether oxygens (including phenoxy) is 1. The van der Waals surface area contributed by atoms with Crippen LogP contribution < -0.4 is 5.32 Å². The van der Waals surface area contributed by atoms with Gasteiger partial charge in [-0.15, -0.1) is 0 Å². The Morgan fingerprint density at radius 1 is 0.397 bits per heavy atom. The lowest BCUT2D eigenvalue weighted by Gasteiger charge is -2.22. The van der Waals surface area contributed by atoms with E-state index in [0.717, 1.165) is 51.4 Å². The molecule has 0 aliphatic heterocycles. The third-order valence-electron chi connectivity index (χ3n) is 14.6. The number of carbonyl (C=O) groups is 2. The molecule has 0 aliphatic rings. The van der Waals surface area contributed by atoms with E-state index in [-0.39, 0.29) is 18.5 Å². The highest BCUT2D eigenvalue weighted by Crippen LogP contribution is 2.18. The highest BCUT2D eigenvalue weighted by atomic mass is 16.5. The predicted molar refractivity (Wildman–Crippen MR) is 297 cm³/mol. The summed E-state index contributed by atoms with van der Waals surface area (Å²) in [6.07, 6.45) is 69.3. The summed E-state index contributed by atoms with van der Waals surface area (Å²) < 4.78 is 5.45. The van der Waals surface area contributed by atoms with Gasteiger partial charge in [-0.1, -0.05) is 296 Å². The Morgan fingerprint density at radius 3 is 1.04 bits per heavy atom. The summed E-state index contributed by atoms with van der Waals surface area (Å²) >= 11 is 0. The number of nitrogens with one attached hydrogen (secondary N) is 1. The third kappa shape index (κ3) is 53.9. The molecule has 6 heteroatoms. The number of hydrogen-bond acceptors (Lipinski definition) is 5. The van der Waals surface area contributed by atoms with Gasteiger partial charge in [0, 0.05) is 12.8 Å². The SMILES string of the molecule is CCCCCCCCCCCCCCCCCCCCCCCCCC(O)C(CO)NC(=O)CCCCCCCCC/C=C\CCCCCCCCOC(=O)CCCCCCCCCCCCC. The third-order valence-corrected chi connectivity index (χ3v) is 14.6. The molecule has 6 nitrogen and oxygen atoms in total. The maximum atomic E-state index is 12.5. The topological polar surface area (TPSA) is 95.9 Å². The molecule has 0 aromatic heterocycles. The molecule has 0 aliphatic carbocycles. The number of aliphatic hydroxyl groups is 2. The molecule has 0 spiro atoms. The first-order valence-corrected chi connectivity index (χ1v) is 30.9. The Hall–Kier alpha value is -1.40. The molecule has 0 aromatic rings. The van der Waals surface area contributed by atoms with Crippen molar-refractivity contribution >= 4 is 11.9 Å². The summed E-state index contributed by atoms with van der Waals surface area (Å²) in [6.45, 7) is 4.96. The van der Waals surface area contributed by atoms with Crippen molar-refractivity contribution in [1.29, 1.82) is 0 Å². The molecule has 0 heterocycles. The van der Waals surface area contributed by atoms with Crippen LogP contribution in [0.5, 0.6) is 0 Å². The Labute approximate surface area is 425 Å². The number of unbranched alkanes of at least 4 members (excludes halogenated alkanes) is 45. The first-order chi connectivity index (χ1) is 33.5. The van der Waals surface area contributed by atoms with Gasteiger partial charge in [-0.2, -0.15) is 0 Å². The molecule has 0 fully saturated rings. The molecule has 0 saturated heterocycles. The lowest BCUT2D eigenvalue weighted by Crippen LogP contribution is -2.45. The van der Waals surface area contributed by atoms with E-state index in [9.17, 15) is 19.8 Å². The van der Waals surface area contributed by atoms with Gasteiger partial charge in [0.25, 0.3) is 0 Å². The van der Waals surface area contributed by atoms with Crippen LogP contribution in [-0.4, -0.2) is 47.4 Å². The van der Waals surface area contributed by atoms with Gasteiger partial charge in [0.1, 0.15) is 0 Å². The van der Waals surface area contributed by atoms with Crippen molar-refractivity contribution in [3.63, 3.8) is 0 Å². The monoisotopic (exact) mass is 960 g/mol. The van der Waals surface area contributed by atoms with Gasteiger partial charge < -0.3 is 20.3 Å². The lowest BCUT2D eigenvalue weighted by atomic mass is 10.0. The van der Waals surface area contributed by atoms with Gasteiger partial charge in [0.05, 0.1) is 25.4 Å². The second-order valence-electron chi connectivity index (χ2n) is 21.4. The molecule has 3 N–H and O–H groups in total. The maximum absolute atomic E-state index is 12.5. The van der Waals surface area contributed by atoms with Crippen LogP contribution in [0.3, 0.4) is 0 Å². The van der Waals surface area contributed by atoms with Crippen molar-refractivity contribution in [2.45, 2.75) is 360 Å². The molecular weight excluding hydrogens is 839 g/mol. The number of allylic oxidation sites excluding steroid dienone is 2. The second-order valence-corrected chi connectivity index (χ2v) is 21.4. The normalized spacial score (nSPS) is 12.6. The molecule has 404 valence electrons. The van der Waals surface area contributed by atoms with E-state index in [2.05, 4.69) is 31.3 Å². The van der Waals surface area contributed by atoms with E-state index >= 15 is 0 Å². The average Bonchev–Trinajstić information content (AvgIpc) is 3.34. The first kappa shape index (κ1) is 66.6. The van der Waals surface area contributed by atoms with Crippen LogP contribution in [0.25, 0.3) is 0 Å². The summed E-state index contributed by atoms with van der Waals surface area (Å²) in [5, 5.41) is 23.4. The van der Waals surface area contributed by atoms with Gasteiger partial charge in [0.15, 0.2) is 0 Å². The largest absolute Gasteiger partial charge is 0.466 e. The van der Waals surface area contributed by atoms with Crippen LogP contribution in [0.2, 0.25) is 0 Å². The molecule has 1 amide bonds.